The van der Waals surface area contributed by atoms with Crippen molar-refractivity contribution >= 4 is 11.9 Å². The Hall–Kier alpha value is -1.92. The Morgan fingerprint density at radius 2 is 1.88 bits per heavy atom. The van der Waals surface area contributed by atoms with E-state index in [1.807, 2.05) is 6.92 Å². The smallest absolute Gasteiger partial charge is 0.335 e. The third-order valence-corrected chi connectivity index (χ3v) is 4.95. The third-order valence-electron chi connectivity index (χ3n) is 4.95. The molecule has 1 fully saturated rings. The molecule has 1 amide bonds. The monoisotopic (exact) mass is 362 g/mol. The number of carbonyl (C=O) groups excluding carboxylic acids is 1. The molecular weight excluding hydrogens is 332 g/mol. The topological polar surface area (TPSA) is 81.1 Å². The van der Waals surface area contributed by atoms with E-state index in [1.54, 1.807) is 29.3 Å². The van der Waals surface area contributed by atoms with Gasteiger partial charge < -0.3 is 10.2 Å². The van der Waals surface area contributed by atoms with Crippen LogP contribution in [-0.2, 0) is 11.2 Å². The molecule has 6 heteroatoms. The summed E-state index contributed by atoms with van der Waals surface area (Å²) in [6.07, 6.45) is 4.56. The SMILES string of the molecule is CCCC(C)(O)CCCN1CCC(=O)N1CCc1ccc(C(=O)O)cc1. The highest BCUT2D eigenvalue weighted by Crippen LogP contribution is 2.20. The number of amides is 1. The Bertz CT molecular complexity index is 613. The highest BCUT2D eigenvalue weighted by molar-refractivity contribution is 5.87. The van der Waals surface area contributed by atoms with Crippen molar-refractivity contribution in [3.8, 4) is 0 Å². The van der Waals surface area contributed by atoms with E-state index in [1.165, 1.54) is 0 Å². The molecule has 0 aromatic heterocycles. The molecule has 26 heavy (non-hydrogen) atoms. The Balaban J connectivity index is 1.84. The maximum absolute atomic E-state index is 12.2. The van der Waals surface area contributed by atoms with Crippen LogP contribution in [0.3, 0.4) is 0 Å². The van der Waals surface area contributed by atoms with E-state index >= 15 is 0 Å². The van der Waals surface area contributed by atoms with Crippen LogP contribution < -0.4 is 0 Å². The highest BCUT2D eigenvalue weighted by atomic mass is 16.4. The highest BCUT2D eigenvalue weighted by Gasteiger charge is 2.29. The van der Waals surface area contributed by atoms with Crippen molar-refractivity contribution in [1.82, 2.24) is 10.0 Å². The zero-order valence-electron chi connectivity index (χ0n) is 15.8. The van der Waals surface area contributed by atoms with Gasteiger partial charge in [0.25, 0.3) is 0 Å². The van der Waals surface area contributed by atoms with Gasteiger partial charge >= 0.3 is 5.97 Å². The molecular formula is C20H30N2O4. The molecule has 0 aliphatic carbocycles. The normalized spacial score (nSPS) is 17.5. The van der Waals surface area contributed by atoms with Crippen molar-refractivity contribution in [3.63, 3.8) is 0 Å². The Morgan fingerprint density at radius 1 is 1.19 bits per heavy atom. The minimum absolute atomic E-state index is 0.132. The average Bonchev–Trinajstić information content (AvgIpc) is 2.93. The van der Waals surface area contributed by atoms with E-state index in [-0.39, 0.29) is 11.5 Å². The predicted octanol–water partition coefficient (Wildman–Crippen LogP) is 2.71. The van der Waals surface area contributed by atoms with Gasteiger partial charge in [0.15, 0.2) is 0 Å². The molecule has 0 radical (unpaired) electrons. The average molecular weight is 362 g/mol. The summed E-state index contributed by atoms with van der Waals surface area (Å²) in [6, 6.07) is 6.79. The van der Waals surface area contributed by atoms with Crippen molar-refractivity contribution < 1.29 is 19.8 Å². The maximum Gasteiger partial charge on any atom is 0.335 e. The minimum Gasteiger partial charge on any atom is -0.478 e. The molecule has 1 aromatic carbocycles. The second-order valence-electron chi connectivity index (χ2n) is 7.32. The summed E-state index contributed by atoms with van der Waals surface area (Å²) in [7, 11) is 0. The van der Waals surface area contributed by atoms with E-state index in [9.17, 15) is 14.7 Å². The first-order chi connectivity index (χ1) is 12.3. The molecule has 144 valence electrons. The molecule has 1 atom stereocenters. The first kappa shape index (κ1) is 20.4. The van der Waals surface area contributed by atoms with E-state index < -0.39 is 11.6 Å². The summed E-state index contributed by atoms with van der Waals surface area (Å²) in [4.78, 5) is 23.1. The standard InChI is InChI=1S/C20H30N2O4/c1-3-11-20(2,26)12-4-13-21-14-10-18(23)22(21)15-9-16-5-7-17(8-6-16)19(24)25/h5-8,26H,3-4,9-15H2,1-2H3,(H,24,25). The number of aromatic carboxylic acids is 1. The Kier molecular flexibility index (Phi) is 7.17. The van der Waals surface area contributed by atoms with Crippen LogP contribution in [-0.4, -0.2) is 57.3 Å². The lowest BCUT2D eigenvalue weighted by atomic mass is 9.95. The van der Waals surface area contributed by atoms with E-state index in [0.717, 1.165) is 44.3 Å². The number of carbonyl (C=O) groups is 2. The fraction of sp³-hybridized carbons (Fsp3) is 0.600. The zero-order valence-corrected chi connectivity index (χ0v) is 15.8. The third kappa shape index (κ3) is 5.81. The largest absolute Gasteiger partial charge is 0.478 e. The molecule has 6 nitrogen and oxygen atoms in total. The van der Waals surface area contributed by atoms with Gasteiger partial charge in [0.1, 0.15) is 0 Å². The second kappa shape index (κ2) is 9.14. The molecule has 1 aliphatic rings. The number of aliphatic hydroxyl groups is 1. The number of hydrogen-bond donors (Lipinski definition) is 2. The van der Waals surface area contributed by atoms with Crippen LogP contribution in [0.15, 0.2) is 24.3 Å². The van der Waals surface area contributed by atoms with Crippen LogP contribution in [0.25, 0.3) is 0 Å². The van der Waals surface area contributed by atoms with E-state index in [2.05, 4.69) is 11.9 Å². The summed E-state index contributed by atoms with van der Waals surface area (Å²) in [5, 5.41) is 23.1. The molecule has 1 heterocycles. The van der Waals surface area contributed by atoms with Crippen LogP contribution >= 0.6 is 0 Å². The van der Waals surface area contributed by atoms with E-state index in [0.29, 0.717) is 19.4 Å². The number of carboxylic acid groups (broad SMARTS) is 1. The quantitative estimate of drug-likeness (QED) is 0.669. The van der Waals surface area contributed by atoms with Crippen LogP contribution in [0, 0.1) is 0 Å². The predicted molar refractivity (Wildman–Crippen MR) is 99.8 cm³/mol. The first-order valence-electron chi connectivity index (χ1n) is 9.42. The molecule has 1 aliphatic heterocycles. The summed E-state index contributed by atoms with van der Waals surface area (Å²) in [5.74, 6) is -0.802. The summed E-state index contributed by atoms with van der Waals surface area (Å²) in [5.41, 5.74) is 0.655. The molecule has 2 rings (SSSR count). The second-order valence-corrected chi connectivity index (χ2v) is 7.32. The number of hydrazine groups is 1. The van der Waals surface area contributed by atoms with Crippen LogP contribution in [0.2, 0.25) is 0 Å². The van der Waals surface area contributed by atoms with Gasteiger partial charge in [-0.1, -0.05) is 25.5 Å². The van der Waals surface area contributed by atoms with Crippen molar-refractivity contribution in [2.45, 2.75) is 58.0 Å². The van der Waals surface area contributed by atoms with Crippen molar-refractivity contribution in [2.24, 2.45) is 0 Å². The van der Waals surface area contributed by atoms with Crippen LogP contribution in [0.4, 0.5) is 0 Å². The fourth-order valence-corrected chi connectivity index (χ4v) is 3.49. The van der Waals surface area contributed by atoms with E-state index in [4.69, 9.17) is 5.11 Å². The van der Waals surface area contributed by atoms with Crippen molar-refractivity contribution in [2.75, 3.05) is 19.6 Å². The molecule has 1 aromatic rings. The molecule has 0 bridgehead atoms. The molecule has 0 saturated carbocycles. The lowest BCUT2D eigenvalue weighted by Crippen LogP contribution is -2.41. The van der Waals surface area contributed by atoms with Gasteiger partial charge in [-0.3, -0.25) is 9.80 Å². The lowest BCUT2D eigenvalue weighted by Gasteiger charge is -2.29. The number of carboxylic acids is 1. The van der Waals surface area contributed by atoms with Crippen molar-refractivity contribution in [3.05, 3.63) is 35.4 Å². The molecule has 1 unspecified atom stereocenters. The minimum atomic E-state index is -0.934. The Morgan fingerprint density at radius 3 is 2.50 bits per heavy atom. The van der Waals surface area contributed by atoms with Gasteiger partial charge in [-0.2, -0.15) is 0 Å². The molecule has 0 spiro atoms. The van der Waals surface area contributed by atoms with Gasteiger partial charge in [0.05, 0.1) is 11.2 Å². The maximum atomic E-state index is 12.2. The summed E-state index contributed by atoms with van der Waals surface area (Å²) >= 11 is 0. The van der Waals surface area contributed by atoms with Crippen LogP contribution in [0.5, 0.6) is 0 Å². The first-order valence-corrected chi connectivity index (χ1v) is 9.42. The van der Waals surface area contributed by atoms with Gasteiger partial charge in [-0.15, -0.1) is 0 Å². The number of rotatable bonds is 10. The van der Waals surface area contributed by atoms with Gasteiger partial charge in [-0.05, 0) is 50.3 Å². The van der Waals surface area contributed by atoms with Gasteiger partial charge in [0.2, 0.25) is 5.91 Å². The number of hydrogen-bond acceptors (Lipinski definition) is 4. The lowest BCUT2D eigenvalue weighted by molar-refractivity contribution is -0.138. The number of nitrogens with zero attached hydrogens (tertiary/aromatic N) is 2. The van der Waals surface area contributed by atoms with Gasteiger partial charge in [0, 0.05) is 26.1 Å². The summed E-state index contributed by atoms with van der Waals surface area (Å²) in [6.45, 7) is 6.04. The summed E-state index contributed by atoms with van der Waals surface area (Å²) < 4.78 is 0. The molecule has 1 saturated heterocycles. The van der Waals surface area contributed by atoms with Crippen molar-refractivity contribution in [1.29, 1.82) is 0 Å². The Labute approximate surface area is 155 Å². The fourth-order valence-electron chi connectivity index (χ4n) is 3.49. The van der Waals surface area contributed by atoms with Crippen LogP contribution in [0.1, 0.15) is 61.9 Å². The molecule has 2 N–H and O–H groups in total. The zero-order chi connectivity index (χ0) is 19.2. The number of benzene rings is 1. The van der Waals surface area contributed by atoms with Gasteiger partial charge in [-0.25, -0.2) is 9.80 Å².